The molecule has 150 valence electrons. The summed E-state index contributed by atoms with van der Waals surface area (Å²) >= 11 is 5.93. The summed E-state index contributed by atoms with van der Waals surface area (Å²) in [5.41, 5.74) is 1.86. The lowest BCUT2D eigenvalue weighted by Gasteiger charge is -2.35. The van der Waals surface area contributed by atoms with Gasteiger partial charge in [0.15, 0.2) is 11.5 Å². The number of benzene rings is 2. The summed E-state index contributed by atoms with van der Waals surface area (Å²) < 4.78 is 20.3. The van der Waals surface area contributed by atoms with Crippen molar-refractivity contribution in [1.82, 2.24) is 9.88 Å². The highest BCUT2D eigenvalue weighted by Gasteiger charge is 2.21. The van der Waals surface area contributed by atoms with Crippen LogP contribution in [0, 0.1) is 5.82 Å². The molecule has 4 rings (SSSR count). The topological polar surface area (TPSA) is 49.6 Å². The molecular weight excluding hydrogens is 393 g/mol. The Labute approximate surface area is 173 Å². The average Bonchev–Trinajstić information content (AvgIpc) is 3.17. The van der Waals surface area contributed by atoms with Gasteiger partial charge in [-0.3, -0.25) is 9.69 Å². The number of carbonyl (C=O) groups excluding carboxylic acids is 1. The molecule has 2 aromatic carbocycles. The molecule has 0 spiro atoms. The molecule has 0 saturated carbocycles. The van der Waals surface area contributed by atoms with Crippen LogP contribution in [0.1, 0.15) is 23.2 Å². The maximum absolute atomic E-state index is 14.4. The normalized spacial score (nSPS) is 14.9. The SMILES string of the molecule is CC(=O)c1ccc(N2CCN(Cc3ncc(-c4ccc(Cl)cc4)o3)CC2)c(F)c1. The van der Waals surface area contributed by atoms with Crippen LogP contribution in [0.3, 0.4) is 0 Å². The summed E-state index contributed by atoms with van der Waals surface area (Å²) in [4.78, 5) is 20.0. The van der Waals surface area contributed by atoms with Crippen molar-refractivity contribution in [2.45, 2.75) is 13.5 Å². The Balaban J connectivity index is 1.36. The highest BCUT2D eigenvalue weighted by molar-refractivity contribution is 6.30. The smallest absolute Gasteiger partial charge is 0.209 e. The standard InChI is InChI=1S/C22H21ClFN3O2/c1-15(28)17-4-7-20(19(24)12-17)27-10-8-26(9-11-27)14-22-25-13-21(29-22)16-2-5-18(23)6-3-16/h2-7,12-13H,8-11,14H2,1H3. The first kappa shape index (κ1) is 19.6. The molecule has 0 unspecified atom stereocenters. The molecule has 5 nitrogen and oxygen atoms in total. The number of anilines is 1. The Hall–Kier alpha value is -2.70. The van der Waals surface area contributed by atoms with Crippen LogP contribution in [0.25, 0.3) is 11.3 Å². The zero-order chi connectivity index (χ0) is 20.4. The van der Waals surface area contributed by atoms with Crippen LogP contribution in [0.15, 0.2) is 53.1 Å². The fourth-order valence-corrected chi connectivity index (χ4v) is 3.58. The molecule has 7 heteroatoms. The van der Waals surface area contributed by atoms with Gasteiger partial charge in [-0.1, -0.05) is 11.6 Å². The minimum absolute atomic E-state index is 0.135. The van der Waals surface area contributed by atoms with Gasteiger partial charge in [0.25, 0.3) is 0 Å². The molecule has 0 radical (unpaired) electrons. The molecule has 0 N–H and O–H groups in total. The fourth-order valence-electron chi connectivity index (χ4n) is 3.45. The van der Waals surface area contributed by atoms with Crippen LogP contribution >= 0.6 is 11.6 Å². The lowest BCUT2D eigenvalue weighted by Crippen LogP contribution is -2.46. The molecule has 0 aliphatic carbocycles. The maximum Gasteiger partial charge on any atom is 0.209 e. The van der Waals surface area contributed by atoms with E-state index in [1.54, 1.807) is 18.3 Å². The summed E-state index contributed by atoms with van der Waals surface area (Å²) in [5, 5.41) is 0.679. The van der Waals surface area contributed by atoms with Gasteiger partial charge in [-0.15, -0.1) is 0 Å². The molecule has 1 fully saturated rings. The number of piperazine rings is 1. The number of nitrogens with zero attached hydrogens (tertiary/aromatic N) is 3. The van der Waals surface area contributed by atoms with Gasteiger partial charge in [-0.05, 0) is 49.4 Å². The first-order chi connectivity index (χ1) is 14.0. The third-order valence-corrected chi connectivity index (χ3v) is 5.36. The zero-order valence-corrected chi connectivity index (χ0v) is 16.8. The lowest BCUT2D eigenvalue weighted by molar-refractivity contribution is 0.101. The van der Waals surface area contributed by atoms with Gasteiger partial charge in [0, 0.05) is 42.3 Å². The van der Waals surface area contributed by atoms with Crippen molar-refractivity contribution in [3.05, 3.63) is 71.0 Å². The maximum atomic E-state index is 14.4. The highest BCUT2D eigenvalue weighted by atomic mass is 35.5. The van der Waals surface area contributed by atoms with E-state index >= 15 is 0 Å². The number of ketones is 1. The van der Waals surface area contributed by atoms with Gasteiger partial charge in [0.1, 0.15) is 5.82 Å². The monoisotopic (exact) mass is 413 g/mol. The van der Waals surface area contributed by atoms with Crippen molar-refractivity contribution >= 4 is 23.1 Å². The van der Waals surface area contributed by atoms with Crippen LogP contribution in [0.5, 0.6) is 0 Å². The van der Waals surface area contributed by atoms with E-state index < -0.39 is 0 Å². The number of Topliss-reactive ketones (excluding diaryl/α,β-unsaturated/α-hetero) is 1. The fraction of sp³-hybridized carbons (Fsp3) is 0.273. The van der Waals surface area contributed by atoms with Crippen molar-refractivity contribution in [2.24, 2.45) is 0 Å². The van der Waals surface area contributed by atoms with Crippen molar-refractivity contribution in [1.29, 1.82) is 0 Å². The van der Waals surface area contributed by atoms with Gasteiger partial charge in [0.2, 0.25) is 5.89 Å². The Morgan fingerprint density at radius 1 is 1.14 bits per heavy atom. The van der Waals surface area contributed by atoms with Crippen LogP contribution in [0.4, 0.5) is 10.1 Å². The van der Waals surface area contributed by atoms with E-state index in [2.05, 4.69) is 9.88 Å². The van der Waals surface area contributed by atoms with E-state index in [1.807, 2.05) is 29.2 Å². The molecule has 1 aliphatic heterocycles. The molecule has 1 aromatic heterocycles. The van der Waals surface area contributed by atoms with Gasteiger partial charge >= 0.3 is 0 Å². The molecule has 0 atom stereocenters. The second-order valence-electron chi connectivity index (χ2n) is 7.11. The quantitative estimate of drug-likeness (QED) is 0.569. The van der Waals surface area contributed by atoms with Gasteiger partial charge in [-0.25, -0.2) is 9.37 Å². The van der Waals surface area contributed by atoms with Crippen LogP contribution in [-0.2, 0) is 6.54 Å². The van der Waals surface area contributed by atoms with E-state index in [4.69, 9.17) is 16.0 Å². The molecule has 1 aliphatic rings. The number of aromatic nitrogens is 1. The summed E-state index contributed by atoms with van der Waals surface area (Å²) in [6, 6.07) is 12.1. The largest absolute Gasteiger partial charge is 0.439 e. The number of carbonyl (C=O) groups is 1. The molecule has 29 heavy (non-hydrogen) atoms. The highest BCUT2D eigenvalue weighted by Crippen LogP contribution is 2.25. The van der Waals surface area contributed by atoms with Crippen molar-refractivity contribution in [3.8, 4) is 11.3 Å². The number of halogens is 2. The molecular formula is C22H21ClFN3O2. The van der Waals surface area contributed by atoms with Gasteiger partial charge in [0.05, 0.1) is 18.4 Å². The minimum Gasteiger partial charge on any atom is -0.439 e. The van der Waals surface area contributed by atoms with Crippen LogP contribution < -0.4 is 4.90 Å². The van der Waals surface area contributed by atoms with E-state index in [9.17, 15) is 9.18 Å². The first-order valence-corrected chi connectivity index (χ1v) is 9.86. The number of rotatable bonds is 5. The average molecular weight is 414 g/mol. The summed E-state index contributed by atoms with van der Waals surface area (Å²) in [6.07, 6.45) is 1.72. The Morgan fingerprint density at radius 2 is 1.86 bits per heavy atom. The van der Waals surface area contributed by atoms with Gasteiger partial charge in [-0.2, -0.15) is 0 Å². The summed E-state index contributed by atoms with van der Waals surface area (Å²) in [5.74, 6) is 0.874. The Bertz CT molecular complexity index is 1010. The van der Waals surface area contributed by atoms with E-state index in [1.165, 1.54) is 13.0 Å². The van der Waals surface area contributed by atoms with Crippen molar-refractivity contribution < 1.29 is 13.6 Å². The lowest BCUT2D eigenvalue weighted by atomic mass is 10.1. The van der Waals surface area contributed by atoms with Crippen LogP contribution in [0.2, 0.25) is 5.02 Å². The number of oxazole rings is 1. The Morgan fingerprint density at radius 3 is 2.52 bits per heavy atom. The van der Waals surface area contributed by atoms with E-state index in [0.717, 1.165) is 18.7 Å². The molecule has 3 aromatic rings. The van der Waals surface area contributed by atoms with Crippen LogP contribution in [-0.4, -0.2) is 41.8 Å². The van der Waals surface area contributed by atoms with Gasteiger partial charge < -0.3 is 9.32 Å². The first-order valence-electron chi connectivity index (χ1n) is 9.48. The molecule has 1 saturated heterocycles. The van der Waals surface area contributed by atoms with E-state index in [-0.39, 0.29) is 11.6 Å². The number of hydrogen-bond acceptors (Lipinski definition) is 5. The van der Waals surface area contributed by atoms with E-state index in [0.29, 0.717) is 47.6 Å². The molecule has 0 amide bonds. The second-order valence-corrected chi connectivity index (χ2v) is 7.55. The third kappa shape index (κ3) is 4.49. The third-order valence-electron chi connectivity index (χ3n) is 5.11. The Kier molecular flexibility index (Phi) is 5.65. The van der Waals surface area contributed by atoms with Crippen molar-refractivity contribution in [3.63, 3.8) is 0 Å². The second kappa shape index (κ2) is 8.35. The number of hydrogen-bond donors (Lipinski definition) is 0. The zero-order valence-electron chi connectivity index (χ0n) is 16.1. The van der Waals surface area contributed by atoms with Crippen molar-refractivity contribution in [2.75, 3.05) is 31.1 Å². The minimum atomic E-state index is -0.355. The summed E-state index contributed by atoms with van der Waals surface area (Å²) in [7, 11) is 0. The predicted octanol–water partition coefficient (Wildman–Crippen LogP) is 4.66. The molecule has 2 heterocycles. The predicted molar refractivity (Wildman–Crippen MR) is 111 cm³/mol. The summed E-state index contributed by atoms with van der Waals surface area (Å²) in [6.45, 7) is 4.97. The molecule has 0 bridgehead atoms.